The van der Waals surface area contributed by atoms with Crippen LogP contribution in [-0.2, 0) is 0 Å². The molecular formula is C14H18BrN5O. The summed E-state index contributed by atoms with van der Waals surface area (Å²) >= 11 is 3.42. The van der Waals surface area contributed by atoms with Crippen LogP contribution in [0.4, 0.5) is 11.9 Å². The van der Waals surface area contributed by atoms with Crippen molar-refractivity contribution < 1.29 is 4.74 Å². The van der Waals surface area contributed by atoms with E-state index in [-0.39, 0.29) is 24.1 Å². The van der Waals surface area contributed by atoms with E-state index in [2.05, 4.69) is 36.2 Å². The maximum Gasteiger partial charge on any atom is 0.323 e. The SMILES string of the molecule is CC(C)Oc1nc(N)nc(NC(C)c2ccc(Br)cc2)n1. The van der Waals surface area contributed by atoms with Crippen molar-refractivity contribution in [3.63, 3.8) is 0 Å². The molecule has 21 heavy (non-hydrogen) atoms. The highest BCUT2D eigenvalue weighted by Gasteiger charge is 2.11. The molecule has 0 fully saturated rings. The van der Waals surface area contributed by atoms with Gasteiger partial charge in [0, 0.05) is 4.47 Å². The van der Waals surface area contributed by atoms with Crippen molar-refractivity contribution in [1.82, 2.24) is 15.0 Å². The van der Waals surface area contributed by atoms with Gasteiger partial charge in [-0.3, -0.25) is 0 Å². The van der Waals surface area contributed by atoms with Gasteiger partial charge in [0.2, 0.25) is 11.9 Å². The van der Waals surface area contributed by atoms with Crippen molar-refractivity contribution in [3.8, 4) is 6.01 Å². The monoisotopic (exact) mass is 351 g/mol. The van der Waals surface area contributed by atoms with Gasteiger partial charge < -0.3 is 15.8 Å². The van der Waals surface area contributed by atoms with E-state index >= 15 is 0 Å². The molecule has 1 aromatic heterocycles. The third kappa shape index (κ3) is 4.56. The Morgan fingerprint density at radius 2 is 1.76 bits per heavy atom. The van der Waals surface area contributed by atoms with E-state index in [0.29, 0.717) is 5.95 Å². The van der Waals surface area contributed by atoms with Crippen LogP contribution < -0.4 is 15.8 Å². The summed E-state index contributed by atoms with van der Waals surface area (Å²) in [5.74, 6) is 0.528. The topological polar surface area (TPSA) is 86.0 Å². The molecule has 0 saturated carbocycles. The molecule has 2 aromatic rings. The molecule has 112 valence electrons. The van der Waals surface area contributed by atoms with Gasteiger partial charge in [-0.15, -0.1) is 0 Å². The maximum atomic E-state index is 5.68. The van der Waals surface area contributed by atoms with Crippen LogP contribution in [0.3, 0.4) is 0 Å². The minimum absolute atomic E-state index is 0.0245. The molecule has 1 aromatic carbocycles. The van der Waals surface area contributed by atoms with Gasteiger partial charge in [-0.05, 0) is 38.5 Å². The van der Waals surface area contributed by atoms with E-state index in [1.54, 1.807) is 0 Å². The number of nitrogens with zero attached hydrogens (tertiary/aromatic N) is 3. The van der Waals surface area contributed by atoms with Gasteiger partial charge >= 0.3 is 6.01 Å². The predicted octanol–water partition coefficient (Wildman–Crippen LogP) is 3.18. The molecule has 0 amide bonds. The van der Waals surface area contributed by atoms with E-state index < -0.39 is 0 Å². The molecule has 3 N–H and O–H groups in total. The summed E-state index contributed by atoms with van der Waals surface area (Å²) in [6, 6.07) is 8.29. The fourth-order valence-electron chi connectivity index (χ4n) is 1.73. The Morgan fingerprint density at radius 1 is 1.10 bits per heavy atom. The van der Waals surface area contributed by atoms with Crippen LogP contribution in [0.25, 0.3) is 0 Å². The van der Waals surface area contributed by atoms with E-state index in [0.717, 1.165) is 10.0 Å². The molecule has 0 radical (unpaired) electrons. The van der Waals surface area contributed by atoms with Gasteiger partial charge in [0.25, 0.3) is 0 Å². The van der Waals surface area contributed by atoms with E-state index in [9.17, 15) is 0 Å². The van der Waals surface area contributed by atoms with Gasteiger partial charge in [-0.1, -0.05) is 28.1 Å². The predicted molar refractivity (Wildman–Crippen MR) is 86.2 cm³/mol. The second kappa shape index (κ2) is 6.71. The molecule has 7 heteroatoms. The van der Waals surface area contributed by atoms with Crippen LogP contribution in [0.5, 0.6) is 6.01 Å². The molecule has 0 saturated heterocycles. The first-order valence-corrected chi connectivity index (χ1v) is 7.43. The normalized spacial score (nSPS) is 12.2. The third-order valence-electron chi connectivity index (χ3n) is 2.69. The summed E-state index contributed by atoms with van der Waals surface area (Å²) in [6.07, 6.45) is -0.0245. The van der Waals surface area contributed by atoms with Crippen LogP contribution in [0, 0.1) is 0 Å². The number of nitrogen functional groups attached to an aromatic ring is 1. The zero-order chi connectivity index (χ0) is 15.4. The smallest absolute Gasteiger partial charge is 0.323 e. The number of nitrogens with two attached hydrogens (primary N) is 1. The van der Waals surface area contributed by atoms with Crippen molar-refractivity contribution in [3.05, 3.63) is 34.3 Å². The maximum absolute atomic E-state index is 5.68. The summed E-state index contributed by atoms with van der Waals surface area (Å²) in [5.41, 5.74) is 6.80. The Balaban J connectivity index is 2.14. The minimum Gasteiger partial charge on any atom is -0.461 e. The number of nitrogens with one attached hydrogen (secondary N) is 1. The molecule has 0 aliphatic heterocycles. The van der Waals surface area contributed by atoms with Crippen molar-refractivity contribution in [1.29, 1.82) is 0 Å². The van der Waals surface area contributed by atoms with Gasteiger partial charge in [0.15, 0.2) is 0 Å². The van der Waals surface area contributed by atoms with Gasteiger partial charge in [-0.25, -0.2) is 0 Å². The van der Waals surface area contributed by atoms with Gasteiger partial charge in [-0.2, -0.15) is 15.0 Å². The quantitative estimate of drug-likeness (QED) is 0.860. The molecule has 0 bridgehead atoms. The summed E-state index contributed by atoms with van der Waals surface area (Å²) in [5, 5.41) is 3.19. The number of ether oxygens (including phenoxy) is 1. The number of rotatable bonds is 5. The highest BCUT2D eigenvalue weighted by Crippen LogP contribution is 2.20. The van der Waals surface area contributed by atoms with E-state index in [4.69, 9.17) is 10.5 Å². The highest BCUT2D eigenvalue weighted by molar-refractivity contribution is 9.10. The average molecular weight is 352 g/mol. The van der Waals surface area contributed by atoms with Crippen molar-refractivity contribution in [2.45, 2.75) is 32.9 Å². The van der Waals surface area contributed by atoms with Crippen molar-refractivity contribution in [2.24, 2.45) is 0 Å². The Labute approximate surface area is 132 Å². The lowest BCUT2D eigenvalue weighted by molar-refractivity contribution is 0.222. The first kappa shape index (κ1) is 15.5. The zero-order valence-corrected chi connectivity index (χ0v) is 13.8. The van der Waals surface area contributed by atoms with Crippen LogP contribution in [0.2, 0.25) is 0 Å². The zero-order valence-electron chi connectivity index (χ0n) is 12.2. The van der Waals surface area contributed by atoms with Crippen LogP contribution in [0.1, 0.15) is 32.4 Å². The number of aromatic nitrogens is 3. The number of hydrogen-bond donors (Lipinski definition) is 2. The number of benzene rings is 1. The Kier molecular flexibility index (Phi) is 4.95. The molecule has 0 aliphatic carbocycles. The summed E-state index contributed by atoms with van der Waals surface area (Å²) < 4.78 is 6.49. The van der Waals surface area contributed by atoms with Crippen molar-refractivity contribution in [2.75, 3.05) is 11.1 Å². The Morgan fingerprint density at radius 3 is 2.38 bits per heavy atom. The standard InChI is InChI=1S/C14H18BrN5O/c1-8(2)21-14-19-12(16)18-13(20-14)17-9(3)10-4-6-11(15)7-5-10/h4-9H,1-3H3,(H3,16,17,18,19,20). The Bertz CT molecular complexity index is 603. The molecule has 1 heterocycles. The number of hydrogen-bond acceptors (Lipinski definition) is 6. The lowest BCUT2D eigenvalue weighted by atomic mass is 10.1. The molecule has 6 nitrogen and oxygen atoms in total. The van der Waals surface area contributed by atoms with E-state index in [1.165, 1.54) is 0 Å². The second-order valence-corrected chi connectivity index (χ2v) is 5.80. The third-order valence-corrected chi connectivity index (χ3v) is 3.22. The molecule has 1 atom stereocenters. The summed E-state index contributed by atoms with van der Waals surface area (Å²) in [7, 11) is 0. The van der Waals surface area contributed by atoms with Crippen LogP contribution >= 0.6 is 15.9 Å². The number of anilines is 2. The van der Waals surface area contributed by atoms with Gasteiger partial charge in [0.05, 0.1) is 12.1 Å². The molecule has 0 aliphatic rings. The Hall–Kier alpha value is -1.89. The first-order chi connectivity index (χ1) is 9.94. The fourth-order valence-corrected chi connectivity index (χ4v) is 1.99. The highest BCUT2D eigenvalue weighted by atomic mass is 79.9. The summed E-state index contributed by atoms with van der Waals surface area (Å²) in [4.78, 5) is 12.2. The van der Waals surface area contributed by atoms with Crippen molar-refractivity contribution >= 4 is 27.8 Å². The second-order valence-electron chi connectivity index (χ2n) is 4.88. The molecule has 2 rings (SSSR count). The van der Waals surface area contributed by atoms with Crippen LogP contribution in [0.15, 0.2) is 28.7 Å². The molecule has 1 unspecified atom stereocenters. The fraction of sp³-hybridized carbons (Fsp3) is 0.357. The number of halogens is 1. The molecule has 0 spiro atoms. The largest absolute Gasteiger partial charge is 0.461 e. The average Bonchev–Trinajstić information content (AvgIpc) is 2.37. The lowest BCUT2D eigenvalue weighted by Crippen LogP contribution is -2.14. The molecular weight excluding hydrogens is 334 g/mol. The lowest BCUT2D eigenvalue weighted by Gasteiger charge is -2.15. The van der Waals surface area contributed by atoms with Crippen LogP contribution in [-0.4, -0.2) is 21.1 Å². The minimum atomic E-state index is -0.0245. The summed E-state index contributed by atoms with van der Waals surface area (Å²) in [6.45, 7) is 5.82. The van der Waals surface area contributed by atoms with Gasteiger partial charge in [0.1, 0.15) is 0 Å². The van der Waals surface area contributed by atoms with E-state index in [1.807, 2.05) is 45.0 Å². The first-order valence-electron chi connectivity index (χ1n) is 6.64.